The Hall–Kier alpha value is -1.68. The number of ketones is 1. The van der Waals surface area contributed by atoms with Crippen molar-refractivity contribution in [2.75, 3.05) is 6.54 Å². The van der Waals surface area contributed by atoms with Crippen LogP contribution in [0.25, 0.3) is 0 Å². The summed E-state index contributed by atoms with van der Waals surface area (Å²) in [7, 11) is 0. The molecule has 1 fully saturated rings. The molecule has 3 rings (SSSR count). The van der Waals surface area contributed by atoms with Crippen LogP contribution in [0.15, 0.2) is 18.2 Å². The highest BCUT2D eigenvalue weighted by molar-refractivity contribution is 6.03. The Balaban J connectivity index is 1.92. The molecule has 2 aliphatic heterocycles. The van der Waals surface area contributed by atoms with E-state index in [1.165, 1.54) is 0 Å². The van der Waals surface area contributed by atoms with Gasteiger partial charge in [-0.25, -0.2) is 0 Å². The zero-order valence-corrected chi connectivity index (χ0v) is 12.7. The lowest BCUT2D eigenvalue weighted by atomic mass is 9.82. The lowest BCUT2D eigenvalue weighted by Gasteiger charge is -2.20. The second kappa shape index (κ2) is 5.26. The zero-order valence-electron chi connectivity index (χ0n) is 12.7. The molecule has 0 radical (unpaired) electrons. The van der Waals surface area contributed by atoms with Gasteiger partial charge in [0.25, 0.3) is 5.91 Å². The number of nitrogens with one attached hydrogen (secondary N) is 1. The maximum Gasteiger partial charge on any atom is 0.251 e. The molecule has 0 aromatic heterocycles. The van der Waals surface area contributed by atoms with Crippen LogP contribution >= 0.6 is 0 Å². The van der Waals surface area contributed by atoms with Gasteiger partial charge in [0.2, 0.25) is 0 Å². The van der Waals surface area contributed by atoms with Crippen molar-refractivity contribution in [2.45, 2.75) is 39.4 Å². The van der Waals surface area contributed by atoms with Crippen molar-refractivity contribution in [1.29, 1.82) is 0 Å². The molecular weight excluding hydrogens is 266 g/mol. The van der Waals surface area contributed by atoms with Crippen LogP contribution in [0.2, 0.25) is 0 Å². The van der Waals surface area contributed by atoms with E-state index in [0.29, 0.717) is 17.7 Å². The molecule has 1 aromatic rings. The van der Waals surface area contributed by atoms with Gasteiger partial charge in [0.05, 0.1) is 18.1 Å². The number of carbonyl (C=O) groups is 2. The number of Topliss-reactive ketones (excluding diaryl/α,β-unsaturated/α-hetero) is 1. The Morgan fingerprint density at radius 2 is 2.00 bits per heavy atom. The fraction of sp³-hybridized carbons (Fsp3) is 0.529. The van der Waals surface area contributed by atoms with Crippen LogP contribution in [0, 0.1) is 11.8 Å². The molecule has 1 amide bonds. The fourth-order valence-electron chi connectivity index (χ4n) is 3.48. The number of benzene rings is 1. The van der Waals surface area contributed by atoms with Crippen molar-refractivity contribution < 1.29 is 14.3 Å². The minimum atomic E-state index is -0.135. The molecule has 2 aliphatic rings. The summed E-state index contributed by atoms with van der Waals surface area (Å²) in [6.45, 7) is 6.69. The summed E-state index contributed by atoms with van der Waals surface area (Å²) < 4.78 is 5.76. The molecule has 1 aromatic carbocycles. The van der Waals surface area contributed by atoms with E-state index in [1.807, 2.05) is 26.0 Å². The van der Waals surface area contributed by atoms with E-state index in [-0.39, 0.29) is 35.7 Å². The fourth-order valence-corrected chi connectivity index (χ4v) is 3.48. The highest BCUT2D eigenvalue weighted by Gasteiger charge is 2.41. The number of hydrogen-bond acceptors (Lipinski definition) is 3. The zero-order chi connectivity index (χ0) is 15.1. The van der Waals surface area contributed by atoms with Crippen molar-refractivity contribution in [3.63, 3.8) is 0 Å². The predicted molar refractivity (Wildman–Crippen MR) is 79.5 cm³/mol. The second-order valence-corrected chi connectivity index (χ2v) is 6.17. The third-order valence-electron chi connectivity index (χ3n) is 4.86. The number of fused-ring (bicyclic) bond motifs is 1. The normalized spacial score (nSPS) is 31.7. The molecule has 1 N–H and O–H groups in total. The van der Waals surface area contributed by atoms with Gasteiger partial charge in [-0.15, -0.1) is 0 Å². The van der Waals surface area contributed by atoms with Crippen molar-refractivity contribution in [1.82, 2.24) is 5.32 Å². The summed E-state index contributed by atoms with van der Waals surface area (Å²) >= 11 is 0. The van der Waals surface area contributed by atoms with Crippen LogP contribution in [0.3, 0.4) is 0 Å². The van der Waals surface area contributed by atoms with E-state index in [0.717, 1.165) is 12.0 Å². The van der Waals surface area contributed by atoms with E-state index in [2.05, 4.69) is 12.2 Å². The Labute approximate surface area is 124 Å². The van der Waals surface area contributed by atoms with Crippen molar-refractivity contribution in [2.24, 2.45) is 11.8 Å². The summed E-state index contributed by atoms with van der Waals surface area (Å²) in [6, 6.07) is 5.51. The van der Waals surface area contributed by atoms with Gasteiger partial charge in [0.1, 0.15) is 0 Å². The van der Waals surface area contributed by atoms with Crippen LogP contribution in [0.1, 0.15) is 47.1 Å². The van der Waals surface area contributed by atoms with Gasteiger partial charge in [-0.3, -0.25) is 9.59 Å². The van der Waals surface area contributed by atoms with Crippen LogP contribution in [0.5, 0.6) is 0 Å². The third-order valence-corrected chi connectivity index (χ3v) is 4.86. The number of hydrogen-bond donors (Lipinski definition) is 1. The van der Waals surface area contributed by atoms with Crippen molar-refractivity contribution in [3.05, 3.63) is 34.9 Å². The molecule has 4 unspecified atom stereocenters. The maximum absolute atomic E-state index is 12.8. The van der Waals surface area contributed by atoms with Gasteiger partial charge in [-0.05, 0) is 37.8 Å². The number of carbonyl (C=O) groups excluding carboxylic acids is 2. The summed E-state index contributed by atoms with van der Waals surface area (Å²) in [5.74, 6) is 0.0608. The van der Waals surface area contributed by atoms with Crippen LogP contribution < -0.4 is 5.32 Å². The number of ether oxygens (including phenoxy) is 1. The Kier molecular flexibility index (Phi) is 3.57. The molecule has 0 spiro atoms. The SMILES string of the molecule is CC1OC(C)C(C(=O)c2ccc3c(c2)C(=O)NCC3)C1C. The number of amides is 1. The lowest BCUT2D eigenvalue weighted by molar-refractivity contribution is 0.0491. The number of rotatable bonds is 2. The molecule has 4 nitrogen and oxygen atoms in total. The lowest BCUT2D eigenvalue weighted by Crippen LogP contribution is -2.32. The van der Waals surface area contributed by atoms with Gasteiger partial charge in [0, 0.05) is 17.7 Å². The molecular formula is C17H21NO3. The van der Waals surface area contributed by atoms with E-state index in [9.17, 15) is 9.59 Å². The van der Waals surface area contributed by atoms with E-state index in [1.54, 1.807) is 6.07 Å². The predicted octanol–water partition coefficient (Wildman–Crippen LogP) is 2.21. The first kappa shape index (κ1) is 14.3. The van der Waals surface area contributed by atoms with Gasteiger partial charge < -0.3 is 10.1 Å². The average molecular weight is 287 g/mol. The molecule has 0 bridgehead atoms. The highest BCUT2D eigenvalue weighted by Crippen LogP contribution is 2.34. The van der Waals surface area contributed by atoms with Crippen LogP contribution in [0.4, 0.5) is 0 Å². The molecule has 0 aliphatic carbocycles. The molecule has 112 valence electrons. The summed E-state index contributed by atoms with van der Waals surface area (Å²) in [5.41, 5.74) is 2.28. The first-order valence-corrected chi connectivity index (χ1v) is 7.60. The van der Waals surface area contributed by atoms with Gasteiger partial charge in [-0.2, -0.15) is 0 Å². The van der Waals surface area contributed by atoms with E-state index in [4.69, 9.17) is 4.74 Å². The van der Waals surface area contributed by atoms with Gasteiger partial charge >= 0.3 is 0 Å². The van der Waals surface area contributed by atoms with E-state index >= 15 is 0 Å². The monoisotopic (exact) mass is 287 g/mol. The summed E-state index contributed by atoms with van der Waals surface area (Å²) in [6.07, 6.45) is 0.841. The smallest absolute Gasteiger partial charge is 0.251 e. The first-order valence-electron chi connectivity index (χ1n) is 7.60. The summed E-state index contributed by atoms with van der Waals surface area (Å²) in [4.78, 5) is 24.7. The minimum absolute atomic E-state index is 0.0765. The van der Waals surface area contributed by atoms with Gasteiger partial charge in [-0.1, -0.05) is 19.1 Å². The van der Waals surface area contributed by atoms with Gasteiger partial charge in [0.15, 0.2) is 5.78 Å². The Morgan fingerprint density at radius 1 is 1.24 bits per heavy atom. The standard InChI is InChI=1S/C17H21NO3/c1-9-10(2)21-11(3)15(9)16(19)13-5-4-12-6-7-18-17(20)14(12)8-13/h4-5,8-11,15H,6-7H2,1-3H3,(H,18,20). The molecule has 4 heteroatoms. The van der Waals surface area contributed by atoms with Crippen LogP contribution in [-0.4, -0.2) is 30.4 Å². The molecule has 1 saturated heterocycles. The minimum Gasteiger partial charge on any atom is -0.374 e. The second-order valence-electron chi connectivity index (χ2n) is 6.17. The largest absolute Gasteiger partial charge is 0.374 e. The van der Waals surface area contributed by atoms with Crippen LogP contribution in [-0.2, 0) is 11.2 Å². The quantitative estimate of drug-likeness (QED) is 0.849. The maximum atomic E-state index is 12.8. The van der Waals surface area contributed by atoms with E-state index < -0.39 is 0 Å². The Bertz CT molecular complexity index is 596. The molecule has 0 saturated carbocycles. The first-order chi connectivity index (χ1) is 9.99. The topological polar surface area (TPSA) is 55.4 Å². The van der Waals surface area contributed by atoms with Crippen molar-refractivity contribution >= 4 is 11.7 Å². The van der Waals surface area contributed by atoms with Crippen molar-refractivity contribution in [3.8, 4) is 0 Å². The average Bonchev–Trinajstić information content (AvgIpc) is 2.71. The molecule has 2 heterocycles. The molecule has 4 atom stereocenters. The summed E-state index contributed by atoms with van der Waals surface area (Å²) in [5, 5.41) is 2.82. The molecule has 21 heavy (non-hydrogen) atoms. The highest BCUT2D eigenvalue weighted by atomic mass is 16.5. The third kappa shape index (κ3) is 2.38. The Morgan fingerprint density at radius 3 is 2.67 bits per heavy atom.